The van der Waals surface area contributed by atoms with Crippen LogP contribution in [0.1, 0.15) is 102 Å². The third kappa shape index (κ3) is 8.00. The predicted octanol–water partition coefficient (Wildman–Crippen LogP) is 9.00. The minimum atomic E-state index is -1.23. The lowest BCUT2D eigenvalue weighted by Gasteiger charge is -2.20. The maximum Gasteiger partial charge on any atom is 0.511 e. The maximum atomic E-state index is 11.4. The van der Waals surface area contributed by atoms with Crippen LogP contribution >= 0.6 is 0 Å². The van der Waals surface area contributed by atoms with Gasteiger partial charge < -0.3 is 9.84 Å². The Morgan fingerprint density at radius 3 is 1.94 bits per heavy atom. The van der Waals surface area contributed by atoms with E-state index in [2.05, 4.69) is 51.1 Å². The number of hydrogen-bond acceptors (Lipinski definition) is 2. The Bertz CT molecular complexity index is 825. The van der Waals surface area contributed by atoms with Crippen LogP contribution in [0.3, 0.4) is 0 Å². The van der Waals surface area contributed by atoms with Crippen LogP contribution in [0, 0.1) is 0 Å². The first-order chi connectivity index (χ1) is 15.6. The lowest BCUT2D eigenvalue weighted by Crippen LogP contribution is -2.09. The molecule has 0 aliphatic carbocycles. The molecule has 2 aromatic carbocycles. The largest absolute Gasteiger partial charge is 0.511 e. The quantitative estimate of drug-likeness (QED) is 0.171. The van der Waals surface area contributed by atoms with Gasteiger partial charge in [0.25, 0.3) is 0 Å². The highest BCUT2D eigenvalue weighted by molar-refractivity contribution is 5.74. The molecule has 1 N–H and O–H groups in total. The highest BCUT2D eigenvalue weighted by Crippen LogP contribution is 2.37. The summed E-state index contributed by atoms with van der Waals surface area (Å²) in [6, 6.07) is 12.7. The molecule has 0 aromatic heterocycles. The zero-order valence-electron chi connectivity index (χ0n) is 20.4. The molecule has 2 rings (SSSR count). The van der Waals surface area contributed by atoms with Gasteiger partial charge in [-0.1, -0.05) is 96.0 Å². The minimum absolute atomic E-state index is 0.522. The number of carboxylic acid groups (broad SMARTS) is 1. The average molecular weight is 439 g/mol. The third-order valence-corrected chi connectivity index (χ3v) is 6.25. The van der Waals surface area contributed by atoms with Crippen molar-refractivity contribution in [3.05, 3.63) is 53.1 Å². The van der Waals surface area contributed by atoms with E-state index in [-0.39, 0.29) is 0 Å². The van der Waals surface area contributed by atoms with Crippen molar-refractivity contribution in [3.63, 3.8) is 0 Å². The molecule has 0 saturated heterocycles. The van der Waals surface area contributed by atoms with Crippen molar-refractivity contribution in [2.24, 2.45) is 0 Å². The summed E-state index contributed by atoms with van der Waals surface area (Å²) in [6.07, 6.45) is 13.4. The monoisotopic (exact) mass is 438 g/mol. The maximum absolute atomic E-state index is 11.4. The minimum Gasteiger partial charge on any atom is -0.449 e. The van der Waals surface area contributed by atoms with Crippen LogP contribution in [0.4, 0.5) is 4.79 Å². The number of unbranched alkanes of at least 4 members (excludes halogenated alkanes) is 7. The second kappa shape index (κ2) is 14.7. The van der Waals surface area contributed by atoms with Gasteiger partial charge in [0.15, 0.2) is 0 Å². The van der Waals surface area contributed by atoms with E-state index in [4.69, 9.17) is 4.74 Å². The Balaban J connectivity index is 2.52. The van der Waals surface area contributed by atoms with Crippen LogP contribution in [0.15, 0.2) is 36.4 Å². The fourth-order valence-corrected chi connectivity index (χ4v) is 4.50. The van der Waals surface area contributed by atoms with Crippen molar-refractivity contribution in [1.82, 2.24) is 0 Å². The van der Waals surface area contributed by atoms with E-state index in [0.717, 1.165) is 44.1 Å². The Hall–Kier alpha value is -2.29. The van der Waals surface area contributed by atoms with E-state index >= 15 is 0 Å². The van der Waals surface area contributed by atoms with Crippen LogP contribution in [-0.2, 0) is 19.3 Å². The van der Waals surface area contributed by atoms with E-state index in [1.807, 2.05) is 6.07 Å². The van der Waals surface area contributed by atoms with Gasteiger partial charge in [-0.15, -0.1) is 0 Å². The first-order valence-electron chi connectivity index (χ1n) is 12.8. The highest BCUT2D eigenvalue weighted by atomic mass is 16.7. The standard InChI is InChI=1S/C29H42O3/c1-4-7-10-12-19-25-26(24-18-15-14-17-23(24)16-9-6-3)21-22-28(32-29(30)31)27(25)20-13-11-8-5-2/h14-15,17-18,21-22H,4-13,16,19-20H2,1-3H3,(H,30,31). The molecule has 2 aromatic rings. The van der Waals surface area contributed by atoms with Gasteiger partial charge >= 0.3 is 6.16 Å². The number of hydrogen-bond donors (Lipinski definition) is 1. The second-order valence-electron chi connectivity index (χ2n) is 8.82. The van der Waals surface area contributed by atoms with Gasteiger partial charge in [0.2, 0.25) is 0 Å². The molecule has 0 heterocycles. The van der Waals surface area contributed by atoms with Crippen molar-refractivity contribution < 1.29 is 14.6 Å². The number of benzene rings is 2. The Morgan fingerprint density at radius 1 is 0.688 bits per heavy atom. The Labute approximate surface area is 195 Å². The summed E-state index contributed by atoms with van der Waals surface area (Å²) in [5, 5.41) is 9.34. The number of rotatable bonds is 15. The predicted molar refractivity (Wildman–Crippen MR) is 135 cm³/mol. The van der Waals surface area contributed by atoms with Crippen molar-refractivity contribution >= 4 is 6.16 Å². The molecule has 0 fully saturated rings. The topological polar surface area (TPSA) is 46.5 Å². The van der Waals surface area contributed by atoms with Crippen molar-refractivity contribution in [1.29, 1.82) is 0 Å². The average Bonchev–Trinajstić information content (AvgIpc) is 2.79. The summed E-state index contributed by atoms with van der Waals surface area (Å²) < 4.78 is 5.27. The molecule has 0 aliphatic rings. The molecule has 176 valence electrons. The molecule has 32 heavy (non-hydrogen) atoms. The summed E-state index contributed by atoms with van der Waals surface area (Å²) in [5.74, 6) is 0.522. The molecule has 0 atom stereocenters. The molecular formula is C29H42O3. The summed E-state index contributed by atoms with van der Waals surface area (Å²) in [6.45, 7) is 6.68. The molecular weight excluding hydrogens is 396 g/mol. The number of aryl methyl sites for hydroxylation is 1. The number of ether oxygens (including phenoxy) is 1. The van der Waals surface area contributed by atoms with Gasteiger partial charge in [0, 0.05) is 0 Å². The molecule has 0 saturated carbocycles. The first kappa shape index (κ1) is 26.0. The van der Waals surface area contributed by atoms with E-state index in [9.17, 15) is 9.90 Å². The van der Waals surface area contributed by atoms with E-state index < -0.39 is 6.16 Å². The molecule has 0 amide bonds. The van der Waals surface area contributed by atoms with E-state index in [1.165, 1.54) is 67.2 Å². The molecule has 3 nitrogen and oxygen atoms in total. The molecule has 0 bridgehead atoms. The van der Waals surface area contributed by atoms with Crippen molar-refractivity contribution in [2.75, 3.05) is 0 Å². The lowest BCUT2D eigenvalue weighted by atomic mass is 9.86. The molecule has 0 unspecified atom stereocenters. The summed E-state index contributed by atoms with van der Waals surface area (Å²) >= 11 is 0. The number of carbonyl (C=O) groups is 1. The molecule has 0 aliphatic heterocycles. The van der Waals surface area contributed by atoms with E-state index in [0.29, 0.717) is 5.75 Å². The van der Waals surface area contributed by atoms with Crippen LogP contribution in [0.2, 0.25) is 0 Å². The van der Waals surface area contributed by atoms with Crippen LogP contribution < -0.4 is 4.74 Å². The summed E-state index contributed by atoms with van der Waals surface area (Å²) in [4.78, 5) is 11.4. The second-order valence-corrected chi connectivity index (χ2v) is 8.82. The fraction of sp³-hybridized carbons (Fsp3) is 0.552. The Kier molecular flexibility index (Phi) is 11.9. The zero-order chi connectivity index (χ0) is 23.2. The Morgan fingerprint density at radius 2 is 1.31 bits per heavy atom. The molecule has 0 radical (unpaired) electrons. The smallest absolute Gasteiger partial charge is 0.449 e. The molecule has 3 heteroatoms. The van der Waals surface area contributed by atoms with Crippen LogP contribution in [0.5, 0.6) is 5.75 Å². The van der Waals surface area contributed by atoms with E-state index in [1.54, 1.807) is 0 Å². The van der Waals surface area contributed by atoms with Gasteiger partial charge in [0.05, 0.1) is 0 Å². The van der Waals surface area contributed by atoms with Crippen molar-refractivity contribution in [2.45, 2.75) is 104 Å². The zero-order valence-corrected chi connectivity index (χ0v) is 20.4. The van der Waals surface area contributed by atoms with Gasteiger partial charge in [-0.05, 0) is 72.4 Å². The highest BCUT2D eigenvalue weighted by Gasteiger charge is 2.18. The van der Waals surface area contributed by atoms with Gasteiger partial charge in [-0.25, -0.2) is 4.79 Å². The fourth-order valence-electron chi connectivity index (χ4n) is 4.50. The lowest BCUT2D eigenvalue weighted by molar-refractivity contribution is 0.144. The van der Waals surface area contributed by atoms with Crippen molar-refractivity contribution in [3.8, 4) is 16.9 Å². The SMILES string of the molecule is CCCCCCc1c(OC(=O)O)ccc(-c2ccccc2CCCC)c1CCCCCC. The summed E-state index contributed by atoms with van der Waals surface area (Å²) in [5.41, 5.74) is 6.33. The van der Waals surface area contributed by atoms with Gasteiger partial charge in [-0.2, -0.15) is 0 Å². The van der Waals surface area contributed by atoms with Gasteiger partial charge in [-0.3, -0.25) is 0 Å². The first-order valence-corrected chi connectivity index (χ1v) is 12.8. The molecule has 0 spiro atoms. The normalized spacial score (nSPS) is 11.0. The van der Waals surface area contributed by atoms with Crippen LogP contribution in [0.25, 0.3) is 11.1 Å². The summed E-state index contributed by atoms with van der Waals surface area (Å²) in [7, 11) is 0. The van der Waals surface area contributed by atoms with Gasteiger partial charge in [0.1, 0.15) is 5.75 Å². The van der Waals surface area contributed by atoms with Crippen LogP contribution in [-0.4, -0.2) is 11.3 Å². The third-order valence-electron chi connectivity index (χ3n) is 6.25.